The fourth-order valence-corrected chi connectivity index (χ4v) is 3.42. The number of nitrogens with one attached hydrogen (secondary N) is 1. The first-order valence-electron chi connectivity index (χ1n) is 11.5. The molecular weight excluding hydrogens is 436 g/mol. The van der Waals surface area contributed by atoms with Crippen molar-refractivity contribution in [3.05, 3.63) is 107 Å². The standard InChI is InChI=1S/C30H28N2O3/c1-30(2,3)35-29(33)31-20-26-19-25-17-16-23(15-14-22-10-6-4-7-11-22)18-27(25)28(32-26)34-21-24-12-8-5-9-13-24/h4-13,16-19H,20-21H2,1-3H3,(H,31,33). The summed E-state index contributed by atoms with van der Waals surface area (Å²) in [6.45, 7) is 6.09. The van der Waals surface area contributed by atoms with Gasteiger partial charge < -0.3 is 14.8 Å². The van der Waals surface area contributed by atoms with Crippen LogP contribution in [0.2, 0.25) is 0 Å². The van der Waals surface area contributed by atoms with E-state index in [-0.39, 0.29) is 6.54 Å². The quantitative estimate of drug-likeness (QED) is 0.355. The second-order valence-corrected chi connectivity index (χ2v) is 9.10. The van der Waals surface area contributed by atoms with Crippen molar-refractivity contribution >= 4 is 16.9 Å². The maximum atomic E-state index is 12.1. The zero-order valence-electron chi connectivity index (χ0n) is 20.2. The Labute approximate surface area is 206 Å². The summed E-state index contributed by atoms with van der Waals surface area (Å²) in [5, 5.41) is 4.59. The summed E-state index contributed by atoms with van der Waals surface area (Å²) in [7, 11) is 0. The first kappa shape index (κ1) is 23.8. The second kappa shape index (κ2) is 10.8. The molecule has 0 bridgehead atoms. The van der Waals surface area contributed by atoms with Crippen molar-refractivity contribution in [1.82, 2.24) is 10.3 Å². The van der Waals surface area contributed by atoms with E-state index in [1.54, 1.807) is 0 Å². The van der Waals surface area contributed by atoms with Gasteiger partial charge in [-0.05, 0) is 62.1 Å². The van der Waals surface area contributed by atoms with Gasteiger partial charge in [-0.1, -0.05) is 66.4 Å². The number of hydrogen-bond donors (Lipinski definition) is 1. The third kappa shape index (κ3) is 7.09. The number of carbonyl (C=O) groups is 1. The molecule has 1 amide bonds. The minimum Gasteiger partial charge on any atom is -0.472 e. The molecule has 1 aromatic heterocycles. The molecule has 0 spiro atoms. The topological polar surface area (TPSA) is 60.5 Å². The highest BCUT2D eigenvalue weighted by Gasteiger charge is 2.16. The fourth-order valence-electron chi connectivity index (χ4n) is 3.42. The minimum atomic E-state index is -0.567. The zero-order valence-corrected chi connectivity index (χ0v) is 20.2. The average molecular weight is 465 g/mol. The summed E-state index contributed by atoms with van der Waals surface area (Å²) in [5.41, 5.74) is 2.97. The Balaban J connectivity index is 1.62. The van der Waals surface area contributed by atoms with E-state index in [2.05, 4.69) is 17.2 Å². The third-order valence-electron chi connectivity index (χ3n) is 5.01. The van der Waals surface area contributed by atoms with E-state index < -0.39 is 11.7 Å². The van der Waals surface area contributed by atoms with Crippen LogP contribution in [0.25, 0.3) is 10.8 Å². The van der Waals surface area contributed by atoms with Crippen molar-refractivity contribution < 1.29 is 14.3 Å². The number of nitrogens with zero attached hydrogens (tertiary/aromatic N) is 1. The molecule has 3 aromatic carbocycles. The van der Waals surface area contributed by atoms with E-state index in [1.807, 2.05) is 106 Å². The van der Waals surface area contributed by atoms with Crippen molar-refractivity contribution in [1.29, 1.82) is 0 Å². The van der Waals surface area contributed by atoms with Crippen LogP contribution >= 0.6 is 0 Å². The van der Waals surface area contributed by atoms with Crippen molar-refractivity contribution in [3.8, 4) is 17.7 Å². The number of alkyl carbamates (subject to hydrolysis) is 1. The summed E-state index contributed by atoms with van der Waals surface area (Å²) in [6.07, 6.45) is -0.488. The van der Waals surface area contributed by atoms with Crippen LogP contribution in [0.3, 0.4) is 0 Å². The van der Waals surface area contributed by atoms with Gasteiger partial charge in [0.15, 0.2) is 0 Å². The molecule has 0 aliphatic rings. The minimum absolute atomic E-state index is 0.224. The van der Waals surface area contributed by atoms with Crippen molar-refractivity contribution in [2.45, 2.75) is 39.5 Å². The van der Waals surface area contributed by atoms with Crippen LogP contribution in [0.5, 0.6) is 5.88 Å². The Morgan fingerprint density at radius 1 is 0.886 bits per heavy atom. The molecule has 0 saturated carbocycles. The maximum Gasteiger partial charge on any atom is 0.407 e. The number of hydrogen-bond acceptors (Lipinski definition) is 4. The molecule has 0 aliphatic carbocycles. The third-order valence-corrected chi connectivity index (χ3v) is 5.01. The number of fused-ring (bicyclic) bond motifs is 1. The van der Waals surface area contributed by atoms with Gasteiger partial charge in [-0.2, -0.15) is 0 Å². The van der Waals surface area contributed by atoms with Crippen LogP contribution in [0.1, 0.15) is 43.2 Å². The first-order valence-corrected chi connectivity index (χ1v) is 11.5. The van der Waals surface area contributed by atoms with Gasteiger partial charge in [-0.3, -0.25) is 0 Å². The van der Waals surface area contributed by atoms with Gasteiger partial charge in [0.2, 0.25) is 5.88 Å². The van der Waals surface area contributed by atoms with E-state index in [9.17, 15) is 4.79 Å². The number of amides is 1. The molecule has 176 valence electrons. The lowest BCUT2D eigenvalue weighted by Crippen LogP contribution is -2.32. The van der Waals surface area contributed by atoms with Crippen molar-refractivity contribution in [3.63, 3.8) is 0 Å². The van der Waals surface area contributed by atoms with Crippen LogP contribution in [0.4, 0.5) is 4.79 Å². The molecule has 4 aromatic rings. The predicted octanol–water partition coefficient (Wildman–Crippen LogP) is 6.24. The molecule has 0 saturated heterocycles. The van der Waals surface area contributed by atoms with Crippen LogP contribution in [-0.4, -0.2) is 16.7 Å². The lowest BCUT2D eigenvalue weighted by molar-refractivity contribution is 0.0522. The van der Waals surface area contributed by atoms with Gasteiger partial charge in [0.05, 0.1) is 12.2 Å². The van der Waals surface area contributed by atoms with Gasteiger partial charge in [0, 0.05) is 16.5 Å². The summed E-state index contributed by atoms with van der Waals surface area (Å²) in [5.74, 6) is 6.91. The van der Waals surface area contributed by atoms with E-state index in [1.165, 1.54) is 0 Å². The van der Waals surface area contributed by atoms with E-state index in [0.717, 1.165) is 27.5 Å². The molecule has 0 unspecified atom stereocenters. The van der Waals surface area contributed by atoms with Gasteiger partial charge >= 0.3 is 6.09 Å². The Hall–Kier alpha value is -4.30. The Kier molecular flexibility index (Phi) is 7.32. The number of carbonyl (C=O) groups excluding carboxylic acids is 1. The second-order valence-electron chi connectivity index (χ2n) is 9.10. The molecule has 5 nitrogen and oxygen atoms in total. The SMILES string of the molecule is CC(C)(C)OC(=O)NCc1cc2ccc(C#Cc3ccccc3)cc2c(OCc2ccccc2)n1. The van der Waals surface area contributed by atoms with Crippen LogP contribution in [0, 0.1) is 11.8 Å². The van der Waals surface area contributed by atoms with Crippen LogP contribution < -0.4 is 10.1 Å². The number of benzene rings is 3. The van der Waals surface area contributed by atoms with E-state index in [4.69, 9.17) is 14.5 Å². The molecule has 5 heteroatoms. The highest BCUT2D eigenvalue weighted by atomic mass is 16.6. The Bertz CT molecular complexity index is 1370. The summed E-state index contributed by atoms with van der Waals surface area (Å²) in [4.78, 5) is 16.8. The normalized spacial score (nSPS) is 10.8. The molecule has 35 heavy (non-hydrogen) atoms. The first-order chi connectivity index (χ1) is 16.9. The zero-order chi connectivity index (χ0) is 24.7. The predicted molar refractivity (Wildman–Crippen MR) is 138 cm³/mol. The molecule has 0 radical (unpaired) electrons. The van der Waals surface area contributed by atoms with Gasteiger partial charge in [-0.15, -0.1) is 0 Å². The number of aromatic nitrogens is 1. The molecule has 0 aliphatic heterocycles. The Morgan fingerprint density at radius 3 is 2.29 bits per heavy atom. The number of ether oxygens (including phenoxy) is 2. The van der Waals surface area contributed by atoms with E-state index >= 15 is 0 Å². The molecular formula is C30H28N2O3. The molecule has 0 fully saturated rings. The summed E-state index contributed by atoms with van der Waals surface area (Å²) in [6, 6.07) is 27.7. The molecule has 1 heterocycles. The summed E-state index contributed by atoms with van der Waals surface area (Å²) < 4.78 is 11.5. The van der Waals surface area contributed by atoms with E-state index in [0.29, 0.717) is 18.2 Å². The maximum absolute atomic E-state index is 12.1. The lowest BCUT2D eigenvalue weighted by atomic mass is 10.1. The molecule has 1 N–H and O–H groups in total. The molecule has 0 atom stereocenters. The average Bonchev–Trinajstić information content (AvgIpc) is 2.85. The lowest BCUT2D eigenvalue weighted by Gasteiger charge is -2.19. The van der Waals surface area contributed by atoms with Crippen molar-refractivity contribution in [2.24, 2.45) is 0 Å². The highest BCUT2D eigenvalue weighted by Crippen LogP contribution is 2.27. The van der Waals surface area contributed by atoms with Crippen LogP contribution in [-0.2, 0) is 17.9 Å². The van der Waals surface area contributed by atoms with Gasteiger partial charge in [0.25, 0.3) is 0 Å². The molecule has 4 rings (SSSR count). The van der Waals surface area contributed by atoms with Gasteiger partial charge in [0.1, 0.15) is 12.2 Å². The highest BCUT2D eigenvalue weighted by molar-refractivity contribution is 5.88. The van der Waals surface area contributed by atoms with Crippen LogP contribution in [0.15, 0.2) is 84.9 Å². The largest absolute Gasteiger partial charge is 0.472 e. The number of pyridine rings is 1. The smallest absolute Gasteiger partial charge is 0.407 e. The number of rotatable bonds is 5. The van der Waals surface area contributed by atoms with Crippen molar-refractivity contribution in [2.75, 3.05) is 0 Å². The summed E-state index contributed by atoms with van der Waals surface area (Å²) >= 11 is 0. The van der Waals surface area contributed by atoms with Gasteiger partial charge in [-0.25, -0.2) is 9.78 Å². The monoisotopic (exact) mass is 464 g/mol. The fraction of sp³-hybridized carbons (Fsp3) is 0.200. The Morgan fingerprint density at radius 2 is 1.57 bits per heavy atom.